The minimum absolute atomic E-state index is 0.0861. The van der Waals surface area contributed by atoms with Crippen molar-refractivity contribution in [1.29, 1.82) is 0 Å². The van der Waals surface area contributed by atoms with Crippen LogP contribution in [0.1, 0.15) is 56.6 Å². The summed E-state index contributed by atoms with van der Waals surface area (Å²) in [5, 5.41) is 6.27. The van der Waals surface area contributed by atoms with E-state index in [2.05, 4.69) is 27.8 Å². The number of benzene rings is 1. The minimum Gasteiger partial charge on any atom is -0.357 e. The van der Waals surface area contributed by atoms with Gasteiger partial charge in [-0.25, -0.2) is 0 Å². The quantitative estimate of drug-likeness (QED) is 0.401. The molecule has 1 aromatic rings. The van der Waals surface area contributed by atoms with E-state index < -0.39 is 12.1 Å². The van der Waals surface area contributed by atoms with Gasteiger partial charge < -0.3 is 15.5 Å². The molecule has 1 saturated carbocycles. The van der Waals surface area contributed by atoms with E-state index in [1.165, 1.54) is 11.1 Å². The summed E-state index contributed by atoms with van der Waals surface area (Å²) in [6.45, 7) is 4.42. The summed E-state index contributed by atoms with van der Waals surface area (Å²) in [4.78, 5) is 19.0. The number of hydrogen-bond donors (Lipinski definition) is 2. The fraction of sp³-hybridized carbons (Fsp3) is 0.652. The zero-order valence-corrected chi connectivity index (χ0v) is 18.2. The summed E-state index contributed by atoms with van der Waals surface area (Å²) in [5.74, 6) is -0.577. The summed E-state index contributed by atoms with van der Waals surface area (Å²) in [7, 11) is 0. The molecule has 1 aliphatic carbocycles. The fourth-order valence-corrected chi connectivity index (χ4v) is 4.42. The van der Waals surface area contributed by atoms with Gasteiger partial charge in [0.25, 0.3) is 0 Å². The van der Waals surface area contributed by atoms with E-state index in [1.807, 2.05) is 24.0 Å². The van der Waals surface area contributed by atoms with Gasteiger partial charge in [0.05, 0.1) is 5.92 Å². The number of rotatable bonds is 6. The molecule has 31 heavy (non-hydrogen) atoms. The van der Waals surface area contributed by atoms with Crippen molar-refractivity contribution in [2.45, 2.75) is 70.6 Å². The maximum absolute atomic E-state index is 13.1. The van der Waals surface area contributed by atoms with Crippen LogP contribution in [0, 0.1) is 5.92 Å². The molecule has 5 nitrogen and oxygen atoms in total. The van der Waals surface area contributed by atoms with Gasteiger partial charge in [0.15, 0.2) is 5.96 Å². The van der Waals surface area contributed by atoms with Crippen LogP contribution in [-0.2, 0) is 17.8 Å². The van der Waals surface area contributed by atoms with Gasteiger partial charge in [-0.2, -0.15) is 13.2 Å². The first-order valence-electron chi connectivity index (χ1n) is 11.3. The first kappa shape index (κ1) is 23.4. The summed E-state index contributed by atoms with van der Waals surface area (Å²) in [6.07, 6.45) is -0.643. The van der Waals surface area contributed by atoms with E-state index in [4.69, 9.17) is 0 Å². The van der Waals surface area contributed by atoms with Gasteiger partial charge in [-0.3, -0.25) is 9.79 Å². The zero-order chi connectivity index (χ0) is 22.3. The van der Waals surface area contributed by atoms with Crippen LogP contribution in [0.5, 0.6) is 0 Å². The Kier molecular flexibility index (Phi) is 8.21. The van der Waals surface area contributed by atoms with Crippen LogP contribution in [0.25, 0.3) is 0 Å². The summed E-state index contributed by atoms with van der Waals surface area (Å²) in [6, 6.07) is 7.99. The SMILES string of the molecule is CCNC(=NCCCC(=O)N1CCc2ccccc2C1)NC1CCCC(C(F)(F)F)C1. The molecule has 0 saturated heterocycles. The van der Waals surface area contributed by atoms with E-state index in [0.29, 0.717) is 51.3 Å². The van der Waals surface area contributed by atoms with Crippen molar-refractivity contribution in [2.24, 2.45) is 10.9 Å². The van der Waals surface area contributed by atoms with E-state index in [-0.39, 0.29) is 24.8 Å². The smallest absolute Gasteiger partial charge is 0.357 e. The lowest BCUT2D eigenvalue weighted by atomic mass is 9.85. The Balaban J connectivity index is 1.45. The molecule has 1 aliphatic heterocycles. The van der Waals surface area contributed by atoms with Crippen molar-refractivity contribution < 1.29 is 18.0 Å². The molecule has 1 amide bonds. The number of carbonyl (C=O) groups is 1. The van der Waals surface area contributed by atoms with Crippen molar-refractivity contribution in [3.8, 4) is 0 Å². The number of carbonyl (C=O) groups excluding carboxylic acids is 1. The maximum atomic E-state index is 13.1. The van der Waals surface area contributed by atoms with Crippen LogP contribution < -0.4 is 10.6 Å². The lowest BCUT2D eigenvalue weighted by Gasteiger charge is -2.32. The predicted molar refractivity (Wildman–Crippen MR) is 116 cm³/mol. The Bertz CT molecular complexity index is 765. The molecule has 0 spiro atoms. The van der Waals surface area contributed by atoms with E-state index in [9.17, 15) is 18.0 Å². The second kappa shape index (κ2) is 10.9. The normalized spacial score (nSPS) is 22.1. The Morgan fingerprint density at radius 2 is 2.00 bits per heavy atom. The number of halogens is 3. The lowest BCUT2D eigenvalue weighted by molar-refractivity contribution is -0.183. The number of nitrogens with one attached hydrogen (secondary N) is 2. The number of hydrogen-bond acceptors (Lipinski definition) is 2. The van der Waals surface area contributed by atoms with Crippen molar-refractivity contribution in [2.75, 3.05) is 19.6 Å². The highest BCUT2D eigenvalue weighted by atomic mass is 19.4. The average molecular weight is 439 g/mol. The molecule has 2 unspecified atom stereocenters. The van der Waals surface area contributed by atoms with Crippen LogP contribution >= 0.6 is 0 Å². The van der Waals surface area contributed by atoms with Crippen LogP contribution in [0.2, 0.25) is 0 Å². The van der Waals surface area contributed by atoms with Crippen molar-refractivity contribution in [1.82, 2.24) is 15.5 Å². The summed E-state index contributed by atoms with van der Waals surface area (Å²) < 4.78 is 39.2. The first-order valence-corrected chi connectivity index (χ1v) is 11.3. The number of alkyl halides is 3. The third kappa shape index (κ3) is 6.87. The molecular weight excluding hydrogens is 405 g/mol. The maximum Gasteiger partial charge on any atom is 0.391 e. The minimum atomic E-state index is -4.13. The van der Waals surface area contributed by atoms with Crippen molar-refractivity contribution >= 4 is 11.9 Å². The Hall–Kier alpha value is -2.25. The molecule has 2 N–H and O–H groups in total. The number of amides is 1. The molecular formula is C23H33F3N4O. The number of aliphatic imine (C=N–C) groups is 1. The summed E-state index contributed by atoms with van der Waals surface area (Å²) >= 11 is 0. The van der Waals surface area contributed by atoms with Gasteiger partial charge in [0.1, 0.15) is 0 Å². The number of fused-ring (bicyclic) bond motifs is 1. The van der Waals surface area contributed by atoms with Crippen molar-refractivity contribution in [3.63, 3.8) is 0 Å². The second-order valence-electron chi connectivity index (χ2n) is 8.44. The number of guanidine groups is 1. The fourth-order valence-electron chi connectivity index (χ4n) is 4.42. The van der Waals surface area contributed by atoms with Crippen molar-refractivity contribution in [3.05, 3.63) is 35.4 Å². The highest BCUT2D eigenvalue weighted by Gasteiger charge is 2.42. The molecule has 0 aromatic heterocycles. The third-order valence-corrected chi connectivity index (χ3v) is 6.12. The Labute approximate surface area is 182 Å². The molecule has 1 aromatic carbocycles. The summed E-state index contributed by atoms with van der Waals surface area (Å²) in [5.41, 5.74) is 2.52. The highest BCUT2D eigenvalue weighted by molar-refractivity contribution is 5.80. The van der Waals surface area contributed by atoms with Gasteiger partial charge in [-0.15, -0.1) is 0 Å². The topological polar surface area (TPSA) is 56.7 Å². The zero-order valence-electron chi connectivity index (χ0n) is 18.2. The standard InChI is InChI=1S/C23H33F3N4O/c1-2-27-22(29-20-10-5-9-19(15-20)23(24,25)26)28-13-6-11-21(31)30-14-12-17-7-3-4-8-18(17)16-30/h3-4,7-8,19-20H,2,5-6,9-16H2,1H3,(H2,27,28,29). The molecule has 172 valence electrons. The predicted octanol–water partition coefficient (Wildman–Crippen LogP) is 4.03. The molecule has 0 bridgehead atoms. The van der Waals surface area contributed by atoms with Gasteiger partial charge in [0, 0.05) is 38.6 Å². The lowest BCUT2D eigenvalue weighted by Crippen LogP contribution is -2.46. The molecule has 0 radical (unpaired) electrons. The van der Waals surface area contributed by atoms with Gasteiger partial charge in [0.2, 0.25) is 5.91 Å². The van der Waals surface area contributed by atoms with Crippen LogP contribution in [0.15, 0.2) is 29.3 Å². The number of nitrogens with zero attached hydrogens (tertiary/aromatic N) is 2. The molecule has 1 heterocycles. The second-order valence-corrected chi connectivity index (χ2v) is 8.44. The Morgan fingerprint density at radius 1 is 1.23 bits per heavy atom. The van der Waals surface area contributed by atoms with E-state index in [0.717, 1.165) is 13.0 Å². The van der Waals surface area contributed by atoms with Crippen LogP contribution in [0.4, 0.5) is 13.2 Å². The molecule has 1 fully saturated rings. The van der Waals surface area contributed by atoms with Gasteiger partial charge in [-0.05, 0) is 50.2 Å². The van der Waals surface area contributed by atoms with Crippen LogP contribution in [-0.4, -0.2) is 48.6 Å². The molecule has 8 heteroatoms. The van der Waals surface area contributed by atoms with E-state index >= 15 is 0 Å². The van der Waals surface area contributed by atoms with Gasteiger partial charge >= 0.3 is 6.18 Å². The molecule has 2 aliphatic rings. The largest absolute Gasteiger partial charge is 0.391 e. The molecule has 2 atom stereocenters. The van der Waals surface area contributed by atoms with Gasteiger partial charge in [-0.1, -0.05) is 30.7 Å². The molecule has 3 rings (SSSR count). The Morgan fingerprint density at radius 3 is 2.74 bits per heavy atom. The third-order valence-electron chi connectivity index (χ3n) is 6.12. The van der Waals surface area contributed by atoms with E-state index in [1.54, 1.807) is 0 Å². The monoisotopic (exact) mass is 438 g/mol. The average Bonchev–Trinajstić information content (AvgIpc) is 2.76. The highest BCUT2D eigenvalue weighted by Crippen LogP contribution is 2.37. The first-order chi connectivity index (χ1) is 14.9. The van der Waals surface area contributed by atoms with Crippen LogP contribution in [0.3, 0.4) is 0 Å².